The molecule has 0 fully saturated rings. The summed E-state index contributed by atoms with van der Waals surface area (Å²) in [5.41, 5.74) is 2.70. The first-order chi connectivity index (χ1) is 14.5. The fourth-order valence-corrected chi connectivity index (χ4v) is 4.63. The highest BCUT2D eigenvalue weighted by Crippen LogP contribution is 2.29. The molecule has 7 nitrogen and oxygen atoms in total. The summed E-state index contributed by atoms with van der Waals surface area (Å²) in [4.78, 5) is 31.7. The van der Waals surface area contributed by atoms with Gasteiger partial charge in [0.15, 0.2) is 0 Å². The van der Waals surface area contributed by atoms with Crippen molar-refractivity contribution >= 4 is 23.4 Å². The second-order valence-electron chi connectivity index (χ2n) is 7.23. The van der Waals surface area contributed by atoms with Crippen molar-refractivity contribution in [3.8, 4) is 5.75 Å². The Hall–Kier alpha value is -2.32. The second-order valence-corrected chi connectivity index (χ2v) is 8.19. The van der Waals surface area contributed by atoms with E-state index in [1.165, 1.54) is 11.8 Å². The van der Waals surface area contributed by atoms with Gasteiger partial charge < -0.3 is 15.0 Å². The van der Waals surface area contributed by atoms with Crippen LogP contribution in [0.1, 0.15) is 31.5 Å². The van der Waals surface area contributed by atoms with Gasteiger partial charge in [-0.15, -0.1) is 0 Å². The zero-order valence-corrected chi connectivity index (χ0v) is 18.8. The molecule has 1 heterocycles. The number of ether oxygens (including phenoxy) is 1. The molecule has 0 spiro atoms. The summed E-state index contributed by atoms with van der Waals surface area (Å²) in [6, 6.07) is 7.24. The number of amides is 1. The molecule has 8 heteroatoms. The van der Waals surface area contributed by atoms with E-state index in [4.69, 9.17) is 4.74 Å². The predicted octanol–water partition coefficient (Wildman–Crippen LogP) is 2.81. The van der Waals surface area contributed by atoms with E-state index in [-0.39, 0.29) is 17.3 Å². The SMILES string of the molecule is CCN(CC)CCn1c2c(c(SCC(=O)Nc3cccc(OC)c3)nc1=O)CCC2. The summed E-state index contributed by atoms with van der Waals surface area (Å²) in [7, 11) is 1.59. The van der Waals surface area contributed by atoms with E-state index < -0.39 is 0 Å². The lowest BCUT2D eigenvalue weighted by Gasteiger charge is -2.20. The molecule has 0 radical (unpaired) electrons. The molecule has 162 valence electrons. The summed E-state index contributed by atoms with van der Waals surface area (Å²) in [6.07, 6.45) is 2.83. The first-order valence-corrected chi connectivity index (χ1v) is 11.5. The zero-order valence-electron chi connectivity index (χ0n) is 17.9. The maximum absolute atomic E-state index is 12.7. The molecule has 0 saturated carbocycles. The van der Waals surface area contributed by atoms with Crippen LogP contribution in [0, 0.1) is 0 Å². The van der Waals surface area contributed by atoms with E-state index in [0.717, 1.165) is 50.2 Å². The number of aromatic nitrogens is 2. The van der Waals surface area contributed by atoms with Crippen LogP contribution < -0.4 is 15.7 Å². The molecule has 30 heavy (non-hydrogen) atoms. The van der Waals surface area contributed by atoms with Crippen molar-refractivity contribution in [1.29, 1.82) is 0 Å². The van der Waals surface area contributed by atoms with Gasteiger partial charge in [0.25, 0.3) is 0 Å². The van der Waals surface area contributed by atoms with Crippen LogP contribution in [0.3, 0.4) is 0 Å². The fourth-order valence-electron chi connectivity index (χ4n) is 3.75. The lowest BCUT2D eigenvalue weighted by Crippen LogP contribution is -2.34. The largest absolute Gasteiger partial charge is 0.497 e. The number of rotatable bonds is 10. The molecule has 2 aromatic rings. The Bertz CT molecular complexity index is 940. The number of benzene rings is 1. The van der Waals surface area contributed by atoms with Gasteiger partial charge in [-0.25, -0.2) is 4.79 Å². The molecule has 0 aliphatic heterocycles. The van der Waals surface area contributed by atoms with Gasteiger partial charge in [0.1, 0.15) is 10.8 Å². The maximum atomic E-state index is 12.7. The number of likely N-dealkylation sites (N-methyl/N-ethyl adjacent to an activating group) is 1. The van der Waals surface area contributed by atoms with Crippen molar-refractivity contribution in [2.24, 2.45) is 0 Å². The summed E-state index contributed by atoms with van der Waals surface area (Å²) in [6.45, 7) is 7.71. The third-order valence-corrected chi connectivity index (χ3v) is 6.45. The average molecular weight is 431 g/mol. The molecule has 1 amide bonds. The monoisotopic (exact) mass is 430 g/mol. The van der Waals surface area contributed by atoms with E-state index in [2.05, 4.69) is 29.0 Å². The third-order valence-electron chi connectivity index (χ3n) is 5.43. The molecule has 1 aliphatic rings. The highest BCUT2D eigenvalue weighted by molar-refractivity contribution is 8.00. The summed E-state index contributed by atoms with van der Waals surface area (Å²) >= 11 is 1.34. The van der Waals surface area contributed by atoms with Gasteiger partial charge in [-0.05, 0) is 44.5 Å². The smallest absolute Gasteiger partial charge is 0.348 e. The van der Waals surface area contributed by atoms with Gasteiger partial charge in [0.2, 0.25) is 5.91 Å². The molecule has 0 saturated heterocycles. The lowest BCUT2D eigenvalue weighted by atomic mass is 10.2. The summed E-state index contributed by atoms with van der Waals surface area (Å²) < 4.78 is 7.02. The molecule has 1 aliphatic carbocycles. The number of hydrogen-bond donors (Lipinski definition) is 1. The van der Waals surface area contributed by atoms with Gasteiger partial charge >= 0.3 is 5.69 Å². The molecule has 3 rings (SSSR count). The quantitative estimate of drug-likeness (QED) is 0.461. The molecule has 1 N–H and O–H groups in total. The van der Waals surface area contributed by atoms with E-state index in [1.54, 1.807) is 13.2 Å². The first kappa shape index (κ1) is 22.4. The normalized spacial score (nSPS) is 12.8. The number of nitrogens with one attached hydrogen (secondary N) is 1. The Kier molecular flexibility index (Phi) is 7.93. The van der Waals surface area contributed by atoms with Crippen LogP contribution >= 0.6 is 11.8 Å². The van der Waals surface area contributed by atoms with Crippen molar-refractivity contribution in [2.45, 2.75) is 44.7 Å². The third kappa shape index (κ3) is 5.43. The molecular weight excluding hydrogens is 400 g/mol. The molecule has 0 unspecified atom stereocenters. The minimum Gasteiger partial charge on any atom is -0.497 e. The minimum atomic E-state index is -0.210. The number of nitrogens with zero attached hydrogens (tertiary/aromatic N) is 3. The topological polar surface area (TPSA) is 76.5 Å². The Morgan fingerprint density at radius 3 is 2.83 bits per heavy atom. The van der Waals surface area contributed by atoms with E-state index in [0.29, 0.717) is 23.0 Å². The van der Waals surface area contributed by atoms with Crippen LogP contribution in [-0.4, -0.2) is 52.9 Å². The van der Waals surface area contributed by atoms with Crippen LogP contribution in [0.4, 0.5) is 5.69 Å². The Labute approximate surface area is 181 Å². The van der Waals surface area contributed by atoms with Crippen molar-refractivity contribution in [2.75, 3.05) is 37.8 Å². The van der Waals surface area contributed by atoms with E-state index in [1.807, 2.05) is 22.8 Å². The van der Waals surface area contributed by atoms with Gasteiger partial charge in [-0.1, -0.05) is 31.7 Å². The Morgan fingerprint density at radius 2 is 2.10 bits per heavy atom. The molecule has 1 aromatic heterocycles. The van der Waals surface area contributed by atoms with Gasteiger partial charge in [0.05, 0.1) is 12.9 Å². The van der Waals surface area contributed by atoms with Crippen LogP contribution in [0.5, 0.6) is 5.75 Å². The van der Waals surface area contributed by atoms with Gasteiger partial charge in [0, 0.05) is 36.1 Å². The van der Waals surface area contributed by atoms with Crippen LogP contribution in [-0.2, 0) is 24.2 Å². The fraction of sp³-hybridized carbons (Fsp3) is 0.500. The highest BCUT2D eigenvalue weighted by atomic mass is 32.2. The molecule has 0 bridgehead atoms. The van der Waals surface area contributed by atoms with Gasteiger partial charge in [-0.2, -0.15) is 4.98 Å². The van der Waals surface area contributed by atoms with Crippen molar-refractivity contribution < 1.29 is 9.53 Å². The number of thioether (sulfide) groups is 1. The van der Waals surface area contributed by atoms with E-state index >= 15 is 0 Å². The first-order valence-electron chi connectivity index (χ1n) is 10.5. The van der Waals surface area contributed by atoms with Crippen molar-refractivity contribution in [3.05, 3.63) is 46.0 Å². The average Bonchev–Trinajstić information content (AvgIpc) is 3.24. The van der Waals surface area contributed by atoms with E-state index in [9.17, 15) is 9.59 Å². The number of methoxy groups -OCH3 is 1. The van der Waals surface area contributed by atoms with Gasteiger partial charge in [-0.3, -0.25) is 9.36 Å². The number of anilines is 1. The highest BCUT2D eigenvalue weighted by Gasteiger charge is 2.22. The predicted molar refractivity (Wildman–Crippen MR) is 121 cm³/mol. The van der Waals surface area contributed by atoms with Crippen LogP contribution in [0.2, 0.25) is 0 Å². The second kappa shape index (κ2) is 10.6. The number of carbonyl (C=O) groups is 1. The van der Waals surface area contributed by atoms with Crippen LogP contribution in [0.15, 0.2) is 34.1 Å². The van der Waals surface area contributed by atoms with Crippen molar-refractivity contribution in [3.63, 3.8) is 0 Å². The summed E-state index contributed by atoms with van der Waals surface area (Å²) in [5.74, 6) is 0.764. The minimum absolute atomic E-state index is 0.132. The standard InChI is InChI=1S/C22H30N4O3S/c1-4-25(5-2)12-13-26-19-11-7-10-18(19)21(24-22(26)28)30-15-20(27)23-16-8-6-9-17(14-16)29-3/h6,8-9,14H,4-5,7,10-13,15H2,1-3H3,(H,23,27). The van der Waals surface area contributed by atoms with Crippen molar-refractivity contribution in [1.82, 2.24) is 14.5 Å². The maximum Gasteiger partial charge on any atom is 0.348 e. The Balaban J connectivity index is 1.68. The molecular formula is C22H30N4O3S. The number of hydrogen-bond acceptors (Lipinski definition) is 6. The van der Waals surface area contributed by atoms with Crippen LogP contribution in [0.25, 0.3) is 0 Å². The summed E-state index contributed by atoms with van der Waals surface area (Å²) in [5, 5.41) is 3.57. The molecule has 1 aromatic carbocycles. The number of fused-ring (bicyclic) bond motifs is 1. The Morgan fingerprint density at radius 1 is 1.30 bits per heavy atom. The molecule has 0 atom stereocenters. The lowest BCUT2D eigenvalue weighted by molar-refractivity contribution is -0.113. The number of carbonyl (C=O) groups excluding carboxylic acids is 1. The zero-order chi connectivity index (χ0) is 21.5.